The molecule has 92 valence electrons. The van der Waals surface area contributed by atoms with Crippen LogP contribution in [0.15, 0.2) is 30.3 Å². The van der Waals surface area contributed by atoms with Crippen LogP contribution in [0.2, 0.25) is 0 Å². The summed E-state index contributed by atoms with van der Waals surface area (Å²) >= 11 is 0. The Hall–Kier alpha value is -1.33. The third-order valence-electron chi connectivity index (χ3n) is 3.22. The number of benzene rings is 1. The Morgan fingerprint density at radius 2 is 1.94 bits per heavy atom. The van der Waals surface area contributed by atoms with E-state index in [1.54, 1.807) is 0 Å². The van der Waals surface area contributed by atoms with Gasteiger partial charge in [0.2, 0.25) is 0 Å². The van der Waals surface area contributed by atoms with Gasteiger partial charge >= 0.3 is 0 Å². The first-order valence-corrected chi connectivity index (χ1v) is 6.26. The Morgan fingerprint density at radius 3 is 2.47 bits per heavy atom. The molecule has 0 fully saturated rings. The zero-order valence-corrected chi connectivity index (χ0v) is 11.0. The van der Waals surface area contributed by atoms with Crippen LogP contribution >= 0.6 is 0 Å². The summed E-state index contributed by atoms with van der Waals surface area (Å²) in [5.41, 5.74) is 1.43. The van der Waals surface area contributed by atoms with Gasteiger partial charge in [-0.3, -0.25) is 0 Å². The van der Waals surface area contributed by atoms with Gasteiger partial charge in [0.1, 0.15) is 0 Å². The van der Waals surface area contributed by atoms with Crippen molar-refractivity contribution < 1.29 is 0 Å². The summed E-state index contributed by atoms with van der Waals surface area (Å²) in [5, 5.41) is 12.2. The van der Waals surface area contributed by atoms with Crippen LogP contribution in [0.4, 0.5) is 0 Å². The number of rotatable bonds is 6. The van der Waals surface area contributed by atoms with Crippen molar-refractivity contribution in [3.63, 3.8) is 0 Å². The van der Waals surface area contributed by atoms with E-state index in [0.29, 0.717) is 12.5 Å². The molecular weight excluding hydrogens is 208 g/mol. The minimum atomic E-state index is 0.101. The lowest BCUT2D eigenvalue weighted by atomic mass is 9.84. The minimum Gasteiger partial charge on any atom is -0.312 e. The largest absolute Gasteiger partial charge is 0.312 e. The molecule has 1 aromatic carbocycles. The molecule has 0 aliphatic rings. The van der Waals surface area contributed by atoms with Gasteiger partial charge in [-0.05, 0) is 12.0 Å². The molecular formula is C15H22N2. The maximum absolute atomic E-state index is 8.72. The van der Waals surface area contributed by atoms with Crippen LogP contribution in [0.3, 0.4) is 0 Å². The zero-order valence-electron chi connectivity index (χ0n) is 11.0. The highest BCUT2D eigenvalue weighted by Gasteiger charge is 2.21. The van der Waals surface area contributed by atoms with Gasteiger partial charge in [-0.15, -0.1) is 0 Å². The monoisotopic (exact) mass is 230 g/mol. The summed E-state index contributed by atoms with van der Waals surface area (Å²) in [5.74, 6) is 0. The van der Waals surface area contributed by atoms with E-state index in [-0.39, 0.29) is 5.41 Å². The normalized spacial score (nSPS) is 13.1. The molecule has 2 heteroatoms. The van der Waals surface area contributed by atoms with E-state index in [1.807, 2.05) is 6.07 Å². The van der Waals surface area contributed by atoms with Gasteiger partial charge < -0.3 is 5.32 Å². The molecule has 1 atom stereocenters. The van der Waals surface area contributed by atoms with Crippen molar-refractivity contribution in [2.24, 2.45) is 0 Å². The number of nitrogens with one attached hydrogen (secondary N) is 1. The summed E-state index contributed by atoms with van der Waals surface area (Å²) in [6, 6.07) is 13.0. The van der Waals surface area contributed by atoms with Crippen LogP contribution in [-0.4, -0.2) is 12.6 Å². The van der Waals surface area contributed by atoms with E-state index in [9.17, 15) is 0 Å². The van der Waals surface area contributed by atoms with E-state index < -0.39 is 0 Å². The van der Waals surface area contributed by atoms with Crippen molar-refractivity contribution in [2.45, 2.75) is 45.1 Å². The molecule has 0 radical (unpaired) electrons. The Bertz CT molecular complexity index is 362. The third-order valence-corrected chi connectivity index (χ3v) is 3.22. The van der Waals surface area contributed by atoms with Crippen LogP contribution in [0, 0.1) is 11.3 Å². The summed E-state index contributed by atoms with van der Waals surface area (Å²) < 4.78 is 0. The van der Waals surface area contributed by atoms with Gasteiger partial charge in [0.25, 0.3) is 0 Å². The summed E-state index contributed by atoms with van der Waals surface area (Å²) in [7, 11) is 0. The zero-order chi connectivity index (χ0) is 12.7. The van der Waals surface area contributed by atoms with Crippen molar-refractivity contribution >= 4 is 0 Å². The predicted octanol–water partition coefficient (Wildman–Crippen LogP) is 3.25. The molecule has 0 saturated heterocycles. The number of hydrogen-bond donors (Lipinski definition) is 1. The first-order valence-electron chi connectivity index (χ1n) is 6.26. The third kappa shape index (κ3) is 4.20. The number of nitrogens with zero attached hydrogens (tertiary/aromatic N) is 1. The van der Waals surface area contributed by atoms with E-state index in [2.05, 4.69) is 56.4 Å². The second-order valence-electron chi connectivity index (χ2n) is 5.10. The minimum absolute atomic E-state index is 0.101. The fourth-order valence-corrected chi connectivity index (χ4v) is 1.86. The molecule has 0 amide bonds. The Labute approximate surface area is 105 Å². The molecule has 0 spiro atoms. The number of hydrogen-bond acceptors (Lipinski definition) is 2. The van der Waals surface area contributed by atoms with Crippen LogP contribution in [-0.2, 0) is 5.41 Å². The number of nitriles is 1. The smallest absolute Gasteiger partial charge is 0.0638 e. The van der Waals surface area contributed by atoms with E-state index >= 15 is 0 Å². The maximum atomic E-state index is 8.72. The lowest BCUT2D eigenvalue weighted by Crippen LogP contribution is -2.38. The average Bonchev–Trinajstić information content (AvgIpc) is 2.35. The Kier molecular flexibility index (Phi) is 5.18. The second kappa shape index (κ2) is 6.42. The summed E-state index contributed by atoms with van der Waals surface area (Å²) in [6.07, 6.45) is 1.58. The van der Waals surface area contributed by atoms with E-state index in [0.717, 1.165) is 13.0 Å². The molecule has 0 aliphatic heterocycles. The van der Waals surface area contributed by atoms with Crippen molar-refractivity contribution in [1.29, 1.82) is 5.26 Å². The van der Waals surface area contributed by atoms with E-state index in [4.69, 9.17) is 5.26 Å². The lowest BCUT2D eigenvalue weighted by Gasteiger charge is -2.28. The van der Waals surface area contributed by atoms with Crippen LogP contribution < -0.4 is 5.32 Å². The highest BCUT2D eigenvalue weighted by molar-refractivity contribution is 5.23. The van der Waals surface area contributed by atoms with Gasteiger partial charge in [0, 0.05) is 18.0 Å². The average molecular weight is 230 g/mol. The standard InChI is InChI=1S/C15H22N2/c1-4-14(10-11-16)17-12-15(2,3)13-8-6-5-7-9-13/h5-9,14,17H,4,10,12H2,1-3H3. The first kappa shape index (κ1) is 13.7. The predicted molar refractivity (Wildman–Crippen MR) is 71.8 cm³/mol. The van der Waals surface area contributed by atoms with Gasteiger partial charge in [0.05, 0.1) is 12.5 Å². The lowest BCUT2D eigenvalue weighted by molar-refractivity contribution is 0.412. The fraction of sp³-hybridized carbons (Fsp3) is 0.533. The van der Waals surface area contributed by atoms with Crippen LogP contribution in [0.25, 0.3) is 0 Å². The molecule has 1 unspecified atom stereocenters. The Morgan fingerprint density at radius 1 is 1.29 bits per heavy atom. The fourth-order valence-electron chi connectivity index (χ4n) is 1.86. The molecule has 17 heavy (non-hydrogen) atoms. The van der Waals surface area contributed by atoms with Crippen molar-refractivity contribution in [3.8, 4) is 6.07 Å². The maximum Gasteiger partial charge on any atom is 0.0638 e. The molecule has 1 rings (SSSR count). The topological polar surface area (TPSA) is 35.8 Å². The van der Waals surface area contributed by atoms with Gasteiger partial charge in [-0.1, -0.05) is 51.1 Å². The molecule has 0 bridgehead atoms. The second-order valence-corrected chi connectivity index (χ2v) is 5.10. The van der Waals surface area contributed by atoms with Crippen molar-refractivity contribution in [2.75, 3.05) is 6.54 Å². The summed E-state index contributed by atoms with van der Waals surface area (Å²) in [6.45, 7) is 7.48. The molecule has 1 aromatic rings. The quantitative estimate of drug-likeness (QED) is 0.814. The molecule has 0 aromatic heterocycles. The van der Waals surface area contributed by atoms with Crippen LogP contribution in [0.5, 0.6) is 0 Å². The van der Waals surface area contributed by atoms with E-state index in [1.165, 1.54) is 5.56 Å². The molecule has 2 nitrogen and oxygen atoms in total. The van der Waals surface area contributed by atoms with Crippen LogP contribution in [0.1, 0.15) is 39.2 Å². The highest BCUT2D eigenvalue weighted by Crippen LogP contribution is 2.22. The first-order chi connectivity index (χ1) is 8.10. The van der Waals surface area contributed by atoms with Crippen molar-refractivity contribution in [3.05, 3.63) is 35.9 Å². The highest BCUT2D eigenvalue weighted by atomic mass is 14.9. The van der Waals surface area contributed by atoms with Gasteiger partial charge in [-0.2, -0.15) is 5.26 Å². The van der Waals surface area contributed by atoms with Crippen molar-refractivity contribution in [1.82, 2.24) is 5.32 Å². The van der Waals surface area contributed by atoms with Gasteiger partial charge in [-0.25, -0.2) is 0 Å². The molecule has 0 aliphatic carbocycles. The summed E-state index contributed by atoms with van der Waals surface area (Å²) in [4.78, 5) is 0. The van der Waals surface area contributed by atoms with Gasteiger partial charge in [0.15, 0.2) is 0 Å². The molecule has 0 heterocycles. The molecule has 1 N–H and O–H groups in total. The Balaban J connectivity index is 2.58. The SMILES string of the molecule is CCC(CC#N)NCC(C)(C)c1ccccc1. The molecule has 0 saturated carbocycles.